The number of aryl methyl sites for hydroxylation is 1. The molecular formula is C17H25BrN2O. The molecule has 116 valence electrons. The molecule has 21 heavy (non-hydrogen) atoms. The number of hydrogen-bond acceptors (Lipinski definition) is 3. The van der Waals surface area contributed by atoms with Crippen molar-refractivity contribution in [2.24, 2.45) is 11.8 Å². The summed E-state index contributed by atoms with van der Waals surface area (Å²) in [7, 11) is 0. The van der Waals surface area contributed by atoms with Gasteiger partial charge < -0.3 is 4.74 Å². The van der Waals surface area contributed by atoms with Crippen molar-refractivity contribution in [3.8, 4) is 0 Å². The molecule has 4 heteroatoms. The van der Waals surface area contributed by atoms with Gasteiger partial charge in [-0.15, -0.1) is 0 Å². The van der Waals surface area contributed by atoms with Crippen molar-refractivity contribution in [2.75, 3.05) is 6.61 Å². The van der Waals surface area contributed by atoms with E-state index in [1.807, 2.05) is 0 Å². The summed E-state index contributed by atoms with van der Waals surface area (Å²) >= 11 is 3.74. The van der Waals surface area contributed by atoms with Gasteiger partial charge in [-0.3, -0.25) is 11.3 Å². The molecule has 2 atom stereocenters. The van der Waals surface area contributed by atoms with Crippen LogP contribution in [0.15, 0.2) is 22.7 Å². The van der Waals surface area contributed by atoms with Gasteiger partial charge in [0.1, 0.15) is 0 Å². The molecule has 1 spiro atoms. The van der Waals surface area contributed by atoms with Crippen molar-refractivity contribution in [3.05, 3.63) is 33.8 Å². The van der Waals surface area contributed by atoms with Gasteiger partial charge in [-0.05, 0) is 49.7 Å². The molecular weight excluding hydrogens is 328 g/mol. The maximum absolute atomic E-state index is 6.16. The molecule has 2 unspecified atom stereocenters. The lowest BCUT2D eigenvalue weighted by Crippen LogP contribution is -2.43. The van der Waals surface area contributed by atoms with Crippen LogP contribution in [0.4, 0.5) is 0 Å². The number of benzene rings is 1. The highest BCUT2D eigenvalue weighted by Crippen LogP contribution is 2.46. The van der Waals surface area contributed by atoms with Crippen LogP contribution in [-0.2, 0) is 4.74 Å². The summed E-state index contributed by atoms with van der Waals surface area (Å²) in [6, 6.07) is 6.62. The Morgan fingerprint density at radius 3 is 2.86 bits per heavy atom. The second kappa shape index (κ2) is 6.37. The van der Waals surface area contributed by atoms with Gasteiger partial charge in [0.05, 0.1) is 11.6 Å². The zero-order valence-electron chi connectivity index (χ0n) is 12.7. The zero-order valence-corrected chi connectivity index (χ0v) is 14.3. The maximum atomic E-state index is 6.16. The molecule has 1 saturated carbocycles. The average molecular weight is 353 g/mol. The van der Waals surface area contributed by atoms with Gasteiger partial charge in [-0.2, -0.15) is 0 Å². The van der Waals surface area contributed by atoms with Gasteiger partial charge in [0, 0.05) is 11.1 Å². The summed E-state index contributed by atoms with van der Waals surface area (Å²) in [6.07, 6.45) is 7.26. The van der Waals surface area contributed by atoms with Crippen molar-refractivity contribution in [3.63, 3.8) is 0 Å². The van der Waals surface area contributed by atoms with Crippen LogP contribution < -0.4 is 11.3 Å². The first kappa shape index (κ1) is 15.5. The highest BCUT2D eigenvalue weighted by atomic mass is 79.9. The Morgan fingerprint density at radius 1 is 1.38 bits per heavy atom. The highest BCUT2D eigenvalue weighted by Gasteiger charge is 2.42. The molecule has 1 saturated heterocycles. The normalized spacial score (nSPS) is 26.1. The quantitative estimate of drug-likeness (QED) is 0.638. The number of ether oxygens (including phenoxy) is 1. The molecule has 2 aliphatic rings. The van der Waals surface area contributed by atoms with E-state index in [9.17, 15) is 0 Å². The summed E-state index contributed by atoms with van der Waals surface area (Å²) in [5.41, 5.74) is 5.75. The molecule has 1 aromatic rings. The van der Waals surface area contributed by atoms with Crippen LogP contribution in [0.3, 0.4) is 0 Å². The Balaban J connectivity index is 1.84. The van der Waals surface area contributed by atoms with Crippen LogP contribution >= 0.6 is 15.9 Å². The van der Waals surface area contributed by atoms with Crippen LogP contribution in [-0.4, -0.2) is 12.2 Å². The maximum Gasteiger partial charge on any atom is 0.0686 e. The number of halogens is 1. The Morgan fingerprint density at radius 2 is 2.14 bits per heavy atom. The lowest BCUT2D eigenvalue weighted by atomic mass is 9.78. The minimum atomic E-state index is 0.133. The minimum absolute atomic E-state index is 0.133. The molecule has 3 nitrogen and oxygen atoms in total. The first-order chi connectivity index (χ1) is 10.2. The number of hydrazine groups is 1. The van der Waals surface area contributed by atoms with E-state index in [1.165, 1.54) is 41.3 Å². The van der Waals surface area contributed by atoms with Gasteiger partial charge in [0.25, 0.3) is 0 Å². The van der Waals surface area contributed by atoms with E-state index in [4.69, 9.17) is 10.6 Å². The summed E-state index contributed by atoms with van der Waals surface area (Å²) in [5.74, 6) is 6.47. The Kier molecular flexibility index (Phi) is 4.69. The monoisotopic (exact) mass is 352 g/mol. The Labute approximate surface area is 135 Å². The number of nitrogens with one attached hydrogen (secondary N) is 1. The van der Waals surface area contributed by atoms with E-state index in [0.717, 1.165) is 19.4 Å². The van der Waals surface area contributed by atoms with Gasteiger partial charge in [0.2, 0.25) is 0 Å². The van der Waals surface area contributed by atoms with E-state index in [0.29, 0.717) is 5.92 Å². The fourth-order valence-electron chi connectivity index (χ4n) is 4.11. The first-order valence-electron chi connectivity index (χ1n) is 8.00. The van der Waals surface area contributed by atoms with Gasteiger partial charge in [0.15, 0.2) is 0 Å². The standard InChI is InChI=1S/C17H25BrN2O/c1-12-5-4-6-14(15(12)18)16(20-19)13-7-10-21-17(11-13)8-2-3-9-17/h4-6,13,16,20H,2-3,7-11,19H2,1H3. The average Bonchev–Trinajstić information content (AvgIpc) is 2.92. The highest BCUT2D eigenvalue weighted by molar-refractivity contribution is 9.10. The molecule has 1 aliphatic carbocycles. The predicted octanol–water partition coefficient (Wildman–Crippen LogP) is 4.00. The minimum Gasteiger partial charge on any atom is -0.375 e. The molecule has 3 N–H and O–H groups in total. The van der Waals surface area contributed by atoms with Gasteiger partial charge in [-0.25, -0.2) is 0 Å². The summed E-state index contributed by atoms with van der Waals surface area (Å²) < 4.78 is 7.34. The van der Waals surface area contributed by atoms with Crippen molar-refractivity contribution in [1.29, 1.82) is 0 Å². The number of rotatable bonds is 3. The SMILES string of the molecule is Cc1cccc(C(NN)C2CCOC3(CCCC3)C2)c1Br. The van der Waals surface area contributed by atoms with Crippen LogP contribution in [0.2, 0.25) is 0 Å². The third-order valence-corrected chi connectivity index (χ3v) is 6.34. The van der Waals surface area contributed by atoms with Crippen LogP contribution in [0.5, 0.6) is 0 Å². The Bertz CT molecular complexity index is 500. The van der Waals surface area contributed by atoms with Crippen LogP contribution in [0.25, 0.3) is 0 Å². The number of hydrogen-bond donors (Lipinski definition) is 2. The smallest absolute Gasteiger partial charge is 0.0686 e. The molecule has 2 fully saturated rings. The molecule has 1 aromatic carbocycles. The fourth-order valence-corrected chi connectivity index (χ4v) is 4.62. The molecule has 0 bridgehead atoms. The van der Waals surface area contributed by atoms with Crippen LogP contribution in [0, 0.1) is 12.8 Å². The molecule has 3 rings (SSSR count). The molecule has 1 heterocycles. The van der Waals surface area contributed by atoms with Crippen LogP contribution in [0.1, 0.15) is 55.7 Å². The van der Waals surface area contributed by atoms with Gasteiger partial charge in [-0.1, -0.05) is 47.0 Å². The van der Waals surface area contributed by atoms with E-state index in [2.05, 4.69) is 46.5 Å². The lowest BCUT2D eigenvalue weighted by molar-refractivity contribution is -0.0982. The summed E-state index contributed by atoms with van der Waals surface area (Å²) in [5, 5.41) is 0. The molecule has 0 radical (unpaired) electrons. The lowest BCUT2D eigenvalue weighted by Gasteiger charge is -2.41. The first-order valence-corrected chi connectivity index (χ1v) is 8.80. The van der Waals surface area contributed by atoms with Crippen molar-refractivity contribution in [2.45, 2.75) is 57.1 Å². The third kappa shape index (κ3) is 3.04. The van der Waals surface area contributed by atoms with E-state index in [-0.39, 0.29) is 11.6 Å². The number of nitrogens with two attached hydrogens (primary N) is 1. The molecule has 1 aliphatic heterocycles. The molecule has 0 amide bonds. The van der Waals surface area contributed by atoms with Gasteiger partial charge >= 0.3 is 0 Å². The fraction of sp³-hybridized carbons (Fsp3) is 0.647. The molecule has 0 aromatic heterocycles. The second-order valence-electron chi connectivity index (χ2n) is 6.61. The predicted molar refractivity (Wildman–Crippen MR) is 88.8 cm³/mol. The largest absolute Gasteiger partial charge is 0.375 e. The van der Waals surface area contributed by atoms with E-state index >= 15 is 0 Å². The van der Waals surface area contributed by atoms with Crippen molar-refractivity contribution < 1.29 is 4.74 Å². The third-order valence-electron chi connectivity index (χ3n) is 5.25. The second-order valence-corrected chi connectivity index (χ2v) is 7.41. The van der Waals surface area contributed by atoms with Crippen molar-refractivity contribution >= 4 is 15.9 Å². The topological polar surface area (TPSA) is 47.3 Å². The Hall–Kier alpha value is -0.420. The van der Waals surface area contributed by atoms with E-state index in [1.54, 1.807) is 0 Å². The summed E-state index contributed by atoms with van der Waals surface area (Å²) in [6.45, 7) is 3.00. The van der Waals surface area contributed by atoms with Crippen molar-refractivity contribution in [1.82, 2.24) is 5.43 Å². The van der Waals surface area contributed by atoms with E-state index < -0.39 is 0 Å². The summed E-state index contributed by atoms with van der Waals surface area (Å²) in [4.78, 5) is 0. The zero-order chi connectivity index (χ0) is 14.9.